The molecule has 1 heterocycles. The van der Waals surface area contributed by atoms with Crippen molar-refractivity contribution in [1.29, 1.82) is 0 Å². The van der Waals surface area contributed by atoms with Gasteiger partial charge in [0.2, 0.25) is 0 Å². The molecule has 0 aliphatic rings. The summed E-state index contributed by atoms with van der Waals surface area (Å²) in [5, 5.41) is 0.890. The Hall–Kier alpha value is -1.72. The molecule has 0 N–H and O–H groups in total. The zero-order valence-electron chi connectivity index (χ0n) is 11.9. The largest absolute Gasteiger partial charge is 0.492 e. The molecule has 0 radical (unpaired) electrons. The molecule has 0 saturated heterocycles. The van der Waals surface area contributed by atoms with Crippen LogP contribution in [0, 0.1) is 6.92 Å². The van der Waals surface area contributed by atoms with Crippen LogP contribution in [0.2, 0.25) is 0 Å². The summed E-state index contributed by atoms with van der Waals surface area (Å²) in [7, 11) is 4.02. The Morgan fingerprint density at radius 3 is 2.90 bits per heavy atom. The van der Waals surface area contributed by atoms with Gasteiger partial charge in [-0.1, -0.05) is 12.1 Å². The molecule has 1 aromatic heterocycles. The van der Waals surface area contributed by atoms with Crippen molar-refractivity contribution >= 4 is 17.6 Å². The van der Waals surface area contributed by atoms with Gasteiger partial charge in [0, 0.05) is 6.54 Å². The molecule has 20 heavy (non-hydrogen) atoms. The van der Waals surface area contributed by atoms with E-state index >= 15 is 0 Å². The molecule has 2 rings (SSSR count). The standard InChI is InChI=1S/C15H18N2O2S/c1-11-16-14(10-18)15(20-11)12-5-4-6-13(9-12)19-8-7-17(2)3/h4-6,9-10H,7-8H2,1-3H3. The van der Waals surface area contributed by atoms with Crippen molar-refractivity contribution in [3.63, 3.8) is 0 Å². The van der Waals surface area contributed by atoms with Crippen LogP contribution in [-0.4, -0.2) is 43.4 Å². The number of thiazole rings is 1. The van der Waals surface area contributed by atoms with Crippen molar-refractivity contribution in [1.82, 2.24) is 9.88 Å². The molecule has 1 aromatic carbocycles. The number of benzene rings is 1. The second kappa shape index (κ2) is 6.63. The molecule has 106 valence electrons. The molecule has 0 spiro atoms. The number of aldehydes is 1. The third kappa shape index (κ3) is 3.65. The molecule has 0 fully saturated rings. The number of carbonyl (C=O) groups excluding carboxylic acids is 1. The van der Waals surface area contributed by atoms with Crippen LogP contribution in [-0.2, 0) is 0 Å². The Kier molecular flexibility index (Phi) is 4.87. The van der Waals surface area contributed by atoms with Crippen molar-refractivity contribution in [3.05, 3.63) is 35.0 Å². The van der Waals surface area contributed by atoms with Crippen LogP contribution in [0.5, 0.6) is 5.75 Å². The van der Waals surface area contributed by atoms with Crippen LogP contribution < -0.4 is 4.74 Å². The first-order valence-electron chi connectivity index (χ1n) is 6.40. The second-order valence-corrected chi connectivity index (χ2v) is 5.95. The topological polar surface area (TPSA) is 42.4 Å². The van der Waals surface area contributed by atoms with Crippen LogP contribution >= 0.6 is 11.3 Å². The lowest BCUT2D eigenvalue weighted by atomic mass is 10.1. The summed E-state index contributed by atoms with van der Waals surface area (Å²) in [6.45, 7) is 3.40. The highest BCUT2D eigenvalue weighted by Gasteiger charge is 2.11. The quantitative estimate of drug-likeness (QED) is 0.767. The number of hydrogen-bond donors (Lipinski definition) is 0. The van der Waals surface area contributed by atoms with E-state index in [4.69, 9.17) is 4.74 Å². The average Bonchev–Trinajstić information content (AvgIpc) is 2.80. The molecule has 0 aliphatic carbocycles. The van der Waals surface area contributed by atoms with Gasteiger partial charge in [-0.25, -0.2) is 4.98 Å². The third-order valence-electron chi connectivity index (χ3n) is 2.78. The monoisotopic (exact) mass is 290 g/mol. The van der Waals surface area contributed by atoms with Crippen LogP contribution in [0.25, 0.3) is 10.4 Å². The highest BCUT2D eigenvalue weighted by Crippen LogP contribution is 2.31. The summed E-state index contributed by atoms with van der Waals surface area (Å²) < 4.78 is 5.71. The number of ether oxygens (including phenoxy) is 1. The summed E-state index contributed by atoms with van der Waals surface area (Å²) in [6.07, 6.45) is 0.804. The van der Waals surface area contributed by atoms with Gasteiger partial charge in [-0.15, -0.1) is 11.3 Å². The number of nitrogens with zero attached hydrogens (tertiary/aromatic N) is 2. The Balaban J connectivity index is 2.18. The summed E-state index contributed by atoms with van der Waals surface area (Å²) in [6, 6.07) is 7.78. The van der Waals surface area contributed by atoms with Crippen molar-refractivity contribution < 1.29 is 9.53 Å². The number of carbonyl (C=O) groups is 1. The summed E-state index contributed by atoms with van der Waals surface area (Å²) in [5.74, 6) is 0.812. The highest BCUT2D eigenvalue weighted by molar-refractivity contribution is 7.15. The maximum Gasteiger partial charge on any atom is 0.169 e. The SMILES string of the molecule is Cc1nc(C=O)c(-c2cccc(OCCN(C)C)c2)s1. The summed E-state index contributed by atoms with van der Waals surface area (Å²) in [5.41, 5.74) is 1.47. The molecule has 0 bridgehead atoms. The third-order valence-corrected chi connectivity index (χ3v) is 3.81. The van der Waals surface area contributed by atoms with E-state index in [1.807, 2.05) is 45.3 Å². The molecule has 0 unspecified atom stereocenters. The molecule has 0 amide bonds. The second-order valence-electron chi connectivity index (χ2n) is 4.74. The van der Waals surface area contributed by atoms with Gasteiger partial charge in [0.1, 0.15) is 18.1 Å². The molecule has 0 saturated carbocycles. The molecule has 0 aliphatic heterocycles. The van der Waals surface area contributed by atoms with E-state index in [0.29, 0.717) is 12.3 Å². The fraction of sp³-hybridized carbons (Fsp3) is 0.333. The van der Waals surface area contributed by atoms with E-state index < -0.39 is 0 Å². The van der Waals surface area contributed by atoms with Gasteiger partial charge in [0.25, 0.3) is 0 Å². The first kappa shape index (κ1) is 14.7. The first-order chi connectivity index (χ1) is 9.60. The average molecular weight is 290 g/mol. The fourth-order valence-corrected chi connectivity index (χ4v) is 2.69. The maximum atomic E-state index is 11.1. The van der Waals surface area contributed by atoms with Crippen LogP contribution in [0.4, 0.5) is 0 Å². The van der Waals surface area contributed by atoms with Crippen molar-refractivity contribution in [2.45, 2.75) is 6.92 Å². The van der Waals surface area contributed by atoms with Crippen molar-refractivity contribution in [2.75, 3.05) is 27.2 Å². The van der Waals surface area contributed by atoms with Crippen LogP contribution in [0.1, 0.15) is 15.5 Å². The minimum absolute atomic E-state index is 0.498. The molecule has 2 aromatic rings. The molecule has 4 nitrogen and oxygen atoms in total. The molecular weight excluding hydrogens is 272 g/mol. The normalized spacial score (nSPS) is 10.8. The number of aryl methyl sites for hydroxylation is 1. The Labute approximate surface area is 123 Å². The van der Waals surface area contributed by atoms with E-state index in [1.165, 1.54) is 11.3 Å². The maximum absolute atomic E-state index is 11.1. The molecular formula is C15H18N2O2S. The van der Waals surface area contributed by atoms with E-state index in [2.05, 4.69) is 9.88 Å². The Bertz CT molecular complexity index is 593. The van der Waals surface area contributed by atoms with Gasteiger partial charge < -0.3 is 9.64 Å². The predicted octanol–water partition coefficient (Wildman–Crippen LogP) is 2.87. The Morgan fingerprint density at radius 2 is 2.20 bits per heavy atom. The van der Waals surface area contributed by atoms with Gasteiger partial charge in [-0.05, 0) is 38.7 Å². The molecule has 0 atom stereocenters. The van der Waals surface area contributed by atoms with E-state index in [0.717, 1.165) is 34.0 Å². The summed E-state index contributed by atoms with van der Waals surface area (Å²) >= 11 is 1.52. The van der Waals surface area contributed by atoms with Gasteiger partial charge in [-0.3, -0.25) is 4.79 Å². The highest BCUT2D eigenvalue weighted by atomic mass is 32.1. The van der Waals surface area contributed by atoms with Crippen molar-refractivity contribution in [3.8, 4) is 16.2 Å². The lowest BCUT2D eigenvalue weighted by Gasteiger charge is -2.11. The minimum atomic E-state index is 0.498. The number of aromatic nitrogens is 1. The van der Waals surface area contributed by atoms with Crippen LogP contribution in [0.15, 0.2) is 24.3 Å². The van der Waals surface area contributed by atoms with E-state index in [-0.39, 0.29) is 0 Å². The zero-order chi connectivity index (χ0) is 14.5. The van der Waals surface area contributed by atoms with Gasteiger partial charge >= 0.3 is 0 Å². The van der Waals surface area contributed by atoms with E-state index in [9.17, 15) is 4.79 Å². The van der Waals surface area contributed by atoms with Gasteiger partial charge in [-0.2, -0.15) is 0 Å². The number of rotatable bonds is 6. The number of hydrogen-bond acceptors (Lipinski definition) is 5. The van der Waals surface area contributed by atoms with E-state index in [1.54, 1.807) is 0 Å². The fourth-order valence-electron chi connectivity index (χ4n) is 1.80. The lowest BCUT2D eigenvalue weighted by Crippen LogP contribution is -2.19. The molecule has 5 heteroatoms. The Morgan fingerprint density at radius 1 is 1.40 bits per heavy atom. The summed E-state index contributed by atoms with van der Waals surface area (Å²) in [4.78, 5) is 18.2. The minimum Gasteiger partial charge on any atom is -0.492 e. The van der Waals surface area contributed by atoms with Gasteiger partial charge in [0.05, 0.1) is 9.88 Å². The number of likely N-dealkylation sites (N-methyl/N-ethyl adjacent to an activating group) is 1. The van der Waals surface area contributed by atoms with Crippen molar-refractivity contribution in [2.24, 2.45) is 0 Å². The van der Waals surface area contributed by atoms with Gasteiger partial charge in [0.15, 0.2) is 6.29 Å². The predicted molar refractivity (Wildman–Crippen MR) is 81.7 cm³/mol. The first-order valence-corrected chi connectivity index (χ1v) is 7.22. The smallest absolute Gasteiger partial charge is 0.169 e. The van der Waals surface area contributed by atoms with Crippen LogP contribution in [0.3, 0.4) is 0 Å². The zero-order valence-corrected chi connectivity index (χ0v) is 12.7. The lowest BCUT2D eigenvalue weighted by molar-refractivity contribution is 0.112.